The zero-order chi connectivity index (χ0) is 14.7. The molecule has 0 aromatic heterocycles. The lowest BCUT2D eigenvalue weighted by molar-refractivity contribution is 0.0318. The van der Waals surface area contributed by atoms with Gasteiger partial charge in [-0.2, -0.15) is 0 Å². The van der Waals surface area contributed by atoms with E-state index in [9.17, 15) is 0 Å². The first-order valence-corrected chi connectivity index (χ1v) is 8.94. The molecule has 1 nitrogen and oxygen atoms in total. The van der Waals surface area contributed by atoms with Gasteiger partial charge in [0.1, 0.15) is 0 Å². The normalized spacial score (nSPS) is 33.5. The largest absolute Gasteiger partial charge is 0.316 e. The summed E-state index contributed by atoms with van der Waals surface area (Å²) >= 11 is 0. The maximum atomic E-state index is 3.66. The van der Waals surface area contributed by atoms with E-state index in [4.69, 9.17) is 0 Å². The number of rotatable bonds is 3. The highest BCUT2D eigenvalue weighted by Crippen LogP contribution is 2.50. The van der Waals surface area contributed by atoms with Crippen molar-refractivity contribution in [3.05, 3.63) is 35.9 Å². The molecule has 1 aromatic carbocycles. The third-order valence-electron chi connectivity index (χ3n) is 6.35. The Morgan fingerprint density at radius 1 is 1.10 bits per heavy atom. The van der Waals surface area contributed by atoms with Crippen molar-refractivity contribution < 1.29 is 0 Å². The van der Waals surface area contributed by atoms with E-state index in [1.54, 1.807) is 0 Å². The molecule has 0 bridgehead atoms. The molecule has 1 unspecified atom stereocenters. The average molecular weight is 285 g/mol. The quantitative estimate of drug-likeness (QED) is 0.851. The number of hydrogen-bond donors (Lipinski definition) is 1. The van der Waals surface area contributed by atoms with Crippen LogP contribution in [-0.2, 0) is 6.42 Å². The van der Waals surface area contributed by atoms with Gasteiger partial charge < -0.3 is 5.32 Å². The molecular formula is C20H31N. The molecular weight excluding hydrogens is 254 g/mol. The Hall–Kier alpha value is -0.820. The predicted molar refractivity (Wildman–Crippen MR) is 90.4 cm³/mol. The molecule has 1 aliphatic heterocycles. The van der Waals surface area contributed by atoms with E-state index in [2.05, 4.69) is 49.5 Å². The van der Waals surface area contributed by atoms with Gasteiger partial charge in [0, 0.05) is 0 Å². The highest BCUT2D eigenvalue weighted by molar-refractivity contribution is 5.16. The third kappa shape index (κ3) is 3.34. The molecule has 1 N–H and O–H groups in total. The average Bonchev–Trinajstić information content (AvgIpc) is 2.51. The minimum atomic E-state index is 0.631. The van der Waals surface area contributed by atoms with E-state index in [0.717, 1.165) is 17.8 Å². The molecule has 1 spiro atoms. The molecule has 1 atom stereocenters. The van der Waals surface area contributed by atoms with Crippen LogP contribution >= 0.6 is 0 Å². The third-order valence-corrected chi connectivity index (χ3v) is 6.35. The molecule has 1 aromatic rings. The predicted octanol–water partition coefficient (Wildman–Crippen LogP) is 4.67. The summed E-state index contributed by atoms with van der Waals surface area (Å²) in [6.45, 7) is 7.28. The van der Waals surface area contributed by atoms with Crippen LogP contribution in [0.15, 0.2) is 30.3 Å². The van der Waals surface area contributed by atoms with Gasteiger partial charge in [-0.05, 0) is 80.3 Å². The van der Waals surface area contributed by atoms with Crippen molar-refractivity contribution in [1.29, 1.82) is 0 Å². The highest BCUT2D eigenvalue weighted by Gasteiger charge is 2.43. The van der Waals surface area contributed by atoms with Crippen molar-refractivity contribution in [2.75, 3.05) is 13.1 Å². The van der Waals surface area contributed by atoms with Gasteiger partial charge in [0.05, 0.1) is 0 Å². The second kappa shape index (κ2) is 6.52. The SMILES string of the molecule is CC(C)C1CCC2(CCNCC2Cc2ccccc2)CC1. The molecule has 1 heterocycles. The van der Waals surface area contributed by atoms with Gasteiger partial charge in [0.25, 0.3) is 0 Å². The first-order chi connectivity index (χ1) is 10.2. The highest BCUT2D eigenvalue weighted by atomic mass is 14.9. The standard InChI is InChI=1S/C20H31N/c1-16(2)18-8-10-20(11-9-18)12-13-21-15-19(20)14-17-6-4-3-5-7-17/h3-7,16,18-19,21H,8-15H2,1-2H3. The van der Waals surface area contributed by atoms with Gasteiger partial charge in [-0.1, -0.05) is 44.2 Å². The van der Waals surface area contributed by atoms with Gasteiger partial charge >= 0.3 is 0 Å². The molecule has 2 fully saturated rings. The van der Waals surface area contributed by atoms with Gasteiger partial charge in [0.2, 0.25) is 0 Å². The summed E-state index contributed by atoms with van der Waals surface area (Å²) < 4.78 is 0. The lowest BCUT2D eigenvalue weighted by Crippen LogP contribution is -2.48. The molecule has 1 aliphatic carbocycles. The Balaban J connectivity index is 1.70. The summed E-state index contributed by atoms with van der Waals surface area (Å²) in [7, 11) is 0. The van der Waals surface area contributed by atoms with Gasteiger partial charge in [-0.15, -0.1) is 0 Å². The Kier molecular flexibility index (Phi) is 4.69. The van der Waals surface area contributed by atoms with Crippen molar-refractivity contribution in [2.45, 2.75) is 52.4 Å². The molecule has 2 aliphatic rings. The van der Waals surface area contributed by atoms with Crippen LogP contribution in [0.25, 0.3) is 0 Å². The fourth-order valence-electron chi connectivity index (χ4n) is 4.76. The van der Waals surface area contributed by atoms with E-state index in [1.807, 2.05) is 0 Å². The smallest absolute Gasteiger partial charge is 0.00120 e. The van der Waals surface area contributed by atoms with Crippen molar-refractivity contribution >= 4 is 0 Å². The van der Waals surface area contributed by atoms with Gasteiger partial charge in [0.15, 0.2) is 0 Å². The lowest BCUT2D eigenvalue weighted by atomic mass is 9.58. The topological polar surface area (TPSA) is 12.0 Å². The van der Waals surface area contributed by atoms with Crippen LogP contribution in [0, 0.1) is 23.2 Å². The Labute approximate surface area is 130 Å². The molecule has 21 heavy (non-hydrogen) atoms. The van der Waals surface area contributed by atoms with Crippen LogP contribution in [0.4, 0.5) is 0 Å². The first kappa shape index (κ1) is 15.1. The van der Waals surface area contributed by atoms with Crippen LogP contribution in [0.3, 0.4) is 0 Å². The summed E-state index contributed by atoms with van der Waals surface area (Å²) in [5.74, 6) is 2.68. The van der Waals surface area contributed by atoms with E-state index in [1.165, 1.54) is 57.2 Å². The fourth-order valence-corrected chi connectivity index (χ4v) is 4.76. The summed E-state index contributed by atoms with van der Waals surface area (Å²) in [6.07, 6.45) is 8.52. The zero-order valence-corrected chi connectivity index (χ0v) is 13.8. The van der Waals surface area contributed by atoms with E-state index >= 15 is 0 Å². The Morgan fingerprint density at radius 2 is 1.81 bits per heavy atom. The molecule has 0 amide bonds. The van der Waals surface area contributed by atoms with Crippen LogP contribution < -0.4 is 5.32 Å². The second-order valence-corrected chi connectivity index (χ2v) is 7.78. The molecule has 1 heteroatoms. The van der Waals surface area contributed by atoms with Crippen LogP contribution in [0.1, 0.15) is 51.5 Å². The Morgan fingerprint density at radius 3 is 2.48 bits per heavy atom. The second-order valence-electron chi connectivity index (χ2n) is 7.78. The minimum absolute atomic E-state index is 0.631. The van der Waals surface area contributed by atoms with Crippen molar-refractivity contribution in [2.24, 2.45) is 23.2 Å². The number of nitrogens with one attached hydrogen (secondary N) is 1. The molecule has 1 saturated carbocycles. The number of benzene rings is 1. The van der Waals surface area contributed by atoms with Crippen LogP contribution in [0.2, 0.25) is 0 Å². The van der Waals surface area contributed by atoms with Crippen molar-refractivity contribution in [3.8, 4) is 0 Å². The molecule has 1 saturated heterocycles. The van der Waals surface area contributed by atoms with Gasteiger partial charge in [-0.25, -0.2) is 0 Å². The first-order valence-electron chi connectivity index (χ1n) is 8.94. The van der Waals surface area contributed by atoms with E-state index in [0.29, 0.717) is 5.41 Å². The van der Waals surface area contributed by atoms with Gasteiger partial charge in [-0.3, -0.25) is 0 Å². The number of piperidine rings is 1. The van der Waals surface area contributed by atoms with Crippen molar-refractivity contribution in [3.63, 3.8) is 0 Å². The van der Waals surface area contributed by atoms with Crippen molar-refractivity contribution in [1.82, 2.24) is 5.32 Å². The monoisotopic (exact) mass is 285 g/mol. The zero-order valence-electron chi connectivity index (χ0n) is 13.8. The van der Waals surface area contributed by atoms with Crippen LogP contribution in [-0.4, -0.2) is 13.1 Å². The van der Waals surface area contributed by atoms with E-state index in [-0.39, 0.29) is 0 Å². The minimum Gasteiger partial charge on any atom is -0.316 e. The summed E-state index contributed by atoms with van der Waals surface area (Å²) in [5, 5.41) is 3.66. The van der Waals surface area contributed by atoms with E-state index < -0.39 is 0 Å². The Bertz CT molecular complexity index is 428. The maximum absolute atomic E-state index is 3.66. The maximum Gasteiger partial charge on any atom is -0.00120 e. The summed E-state index contributed by atoms with van der Waals surface area (Å²) in [5.41, 5.74) is 2.16. The molecule has 0 radical (unpaired) electrons. The number of hydrogen-bond acceptors (Lipinski definition) is 1. The molecule has 3 rings (SSSR count). The van der Waals surface area contributed by atoms with Crippen LogP contribution in [0.5, 0.6) is 0 Å². The fraction of sp³-hybridized carbons (Fsp3) is 0.700. The summed E-state index contributed by atoms with van der Waals surface area (Å²) in [6, 6.07) is 11.1. The molecule has 116 valence electrons. The lowest BCUT2D eigenvalue weighted by Gasteiger charge is -2.49. The summed E-state index contributed by atoms with van der Waals surface area (Å²) in [4.78, 5) is 0.